The maximum absolute atomic E-state index is 12.7. The highest BCUT2D eigenvalue weighted by atomic mass is 16.6. The summed E-state index contributed by atoms with van der Waals surface area (Å²) in [5.41, 5.74) is 2.04. The van der Waals surface area contributed by atoms with Gasteiger partial charge in [-0.1, -0.05) is 19.9 Å². The summed E-state index contributed by atoms with van der Waals surface area (Å²) in [6.07, 6.45) is 1.14. The van der Waals surface area contributed by atoms with Gasteiger partial charge in [0.15, 0.2) is 5.82 Å². The molecule has 0 radical (unpaired) electrons. The molecule has 3 aromatic rings. The number of carbonyl (C=O) groups is 1. The monoisotopic (exact) mass is 509 g/mol. The van der Waals surface area contributed by atoms with Gasteiger partial charge in [0, 0.05) is 30.3 Å². The molecule has 2 heterocycles. The van der Waals surface area contributed by atoms with Crippen LogP contribution in [-0.4, -0.2) is 67.2 Å². The molecule has 0 spiro atoms. The van der Waals surface area contributed by atoms with Crippen LogP contribution in [0.1, 0.15) is 65.0 Å². The van der Waals surface area contributed by atoms with E-state index in [0.29, 0.717) is 41.4 Å². The number of ether oxygens (including phenoxy) is 2. The molecule has 0 saturated carbocycles. The number of nitrogens with zero attached hydrogens (tertiary/aromatic N) is 5. The van der Waals surface area contributed by atoms with Gasteiger partial charge in [0.25, 0.3) is 0 Å². The normalized spacial score (nSPS) is 16.2. The van der Waals surface area contributed by atoms with Crippen LogP contribution in [-0.2, 0) is 4.74 Å². The van der Waals surface area contributed by atoms with Crippen LogP contribution in [0.3, 0.4) is 0 Å². The third-order valence-electron chi connectivity index (χ3n) is 6.42. The van der Waals surface area contributed by atoms with Gasteiger partial charge < -0.3 is 24.6 Å². The lowest BCUT2D eigenvalue weighted by atomic mass is 9.94. The molecule has 37 heavy (non-hydrogen) atoms. The van der Waals surface area contributed by atoms with Gasteiger partial charge in [-0.25, -0.2) is 9.48 Å². The summed E-state index contributed by atoms with van der Waals surface area (Å²) in [5.74, 6) is 0.962. The Morgan fingerprint density at radius 1 is 1.08 bits per heavy atom. The van der Waals surface area contributed by atoms with E-state index < -0.39 is 5.60 Å². The van der Waals surface area contributed by atoms with Crippen LogP contribution in [0.4, 0.5) is 4.79 Å². The topological polar surface area (TPSA) is 123 Å². The van der Waals surface area contributed by atoms with E-state index in [0.717, 1.165) is 18.4 Å². The van der Waals surface area contributed by atoms with E-state index in [4.69, 9.17) is 9.47 Å². The Labute approximate surface area is 216 Å². The molecule has 1 aliphatic rings. The van der Waals surface area contributed by atoms with Crippen LogP contribution in [0.5, 0.6) is 17.2 Å². The van der Waals surface area contributed by atoms with Crippen molar-refractivity contribution >= 4 is 6.09 Å². The second-order valence-corrected chi connectivity index (χ2v) is 10.7. The molecule has 10 heteroatoms. The molecule has 1 amide bonds. The van der Waals surface area contributed by atoms with Gasteiger partial charge >= 0.3 is 6.09 Å². The summed E-state index contributed by atoms with van der Waals surface area (Å²) >= 11 is 0. The van der Waals surface area contributed by atoms with Crippen LogP contribution in [0, 0.1) is 0 Å². The number of likely N-dealkylation sites (tertiary alicyclic amines) is 1. The zero-order chi connectivity index (χ0) is 26.9. The minimum Gasteiger partial charge on any atom is -0.507 e. The number of aromatic nitrogens is 4. The average molecular weight is 510 g/mol. The average Bonchev–Trinajstić information content (AvgIpc) is 3.32. The highest BCUT2D eigenvalue weighted by Crippen LogP contribution is 2.43. The van der Waals surface area contributed by atoms with Crippen molar-refractivity contribution in [1.29, 1.82) is 0 Å². The first-order chi connectivity index (χ1) is 17.5. The van der Waals surface area contributed by atoms with Gasteiger partial charge in [-0.3, -0.25) is 0 Å². The number of amides is 1. The van der Waals surface area contributed by atoms with Gasteiger partial charge in [-0.15, -0.1) is 5.10 Å². The van der Waals surface area contributed by atoms with Gasteiger partial charge in [-0.2, -0.15) is 0 Å². The van der Waals surface area contributed by atoms with Gasteiger partial charge in [0.1, 0.15) is 22.8 Å². The number of aromatic hydroxyl groups is 2. The minimum atomic E-state index is -0.591. The third-order valence-corrected chi connectivity index (χ3v) is 6.42. The summed E-state index contributed by atoms with van der Waals surface area (Å²) in [4.78, 5) is 14.3. The Kier molecular flexibility index (Phi) is 7.29. The van der Waals surface area contributed by atoms with Crippen LogP contribution in [0.15, 0.2) is 30.3 Å². The number of hydrogen-bond donors (Lipinski definition) is 2. The fourth-order valence-corrected chi connectivity index (χ4v) is 4.53. The Morgan fingerprint density at radius 2 is 1.81 bits per heavy atom. The lowest BCUT2D eigenvalue weighted by molar-refractivity contribution is 0.0167. The molecule has 2 N–H and O–H groups in total. The largest absolute Gasteiger partial charge is 0.507 e. The molecule has 198 valence electrons. The molecule has 10 nitrogen and oxygen atoms in total. The van der Waals surface area contributed by atoms with Crippen molar-refractivity contribution < 1.29 is 24.5 Å². The van der Waals surface area contributed by atoms with E-state index in [1.807, 2.05) is 39.0 Å². The molecule has 1 aliphatic heterocycles. The zero-order valence-electron chi connectivity index (χ0n) is 22.2. The number of tetrazole rings is 1. The van der Waals surface area contributed by atoms with Crippen molar-refractivity contribution in [2.75, 3.05) is 20.2 Å². The van der Waals surface area contributed by atoms with E-state index >= 15 is 0 Å². The number of rotatable bonds is 5. The Balaban J connectivity index is 1.72. The molecule has 1 unspecified atom stereocenters. The number of benzene rings is 2. The summed E-state index contributed by atoms with van der Waals surface area (Å²) in [5, 5.41) is 33.9. The number of piperidine rings is 1. The predicted molar refractivity (Wildman–Crippen MR) is 139 cm³/mol. The minimum absolute atomic E-state index is 0.0896. The number of phenols is 2. The number of phenolic OH excluding ortho intramolecular Hbond substituents is 2. The first-order valence-corrected chi connectivity index (χ1v) is 12.5. The van der Waals surface area contributed by atoms with Crippen LogP contribution >= 0.6 is 0 Å². The molecule has 1 atom stereocenters. The van der Waals surface area contributed by atoms with Crippen molar-refractivity contribution in [1.82, 2.24) is 25.1 Å². The van der Waals surface area contributed by atoms with E-state index in [1.165, 1.54) is 6.07 Å². The standard InChI is InChI=1S/C27H35N5O5/c1-16(2)17-9-10-24(36-6)20(12-17)19-13-21(23(34)14-22(19)33)25-28-29-30-32(25)18-8-7-11-31(15-18)26(35)37-27(3,4)5/h9-10,12-14,16,18,33-34H,7-8,11,15H2,1-6H3. The molecular weight excluding hydrogens is 474 g/mol. The van der Waals surface area contributed by atoms with Gasteiger partial charge in [0.2, 0.25) is 0 Å². The van der Waals surface area contributed by atoms with Gasteiger partial charge in [0.05, 0.1) is 18.7 Å². The van der Waals surface area contributed by atoms with E-state index in [9.17, 15) is 15.0 Å². The van der Waals surface area contributed by atoms with Crippen LogP contribution < -0.4 is 4.74 Å². The lowest BCUT2D eigenvalue weighted by Gasteiger charge is -2.34. The molecule has 4 rings (SSSR count). The quantitative estimate of drug-likeness (QED) is 0.486. The smallest absolute Gasteiger partial charge is 0.410 e. The highest BCUT2D eigenvalue weighted by molar-refractivity contribution is 5.82. The Morgan fingerprint density at radius 3 is 2.49 bits per heavy atom. The van der Waals surface area contributed by atoms with Crippen molar-refractivity contribution in [3.05, 3.63) is 35.9 Å². The second kappa shape index (κ2) is 10.3. The van der Waals surface area contributed by atoms with E-state index in [-0.39, 0.29) is 29.6 Å². The predicted octanol–water partition coefficient (Wildman–Crippen LogP) is 5.12. The summed E-state index contributed by atoms with van der Waals surface area (Å²) in [6, 6.07) is 8.59. The van der Waals surface area contributed by atoms with Crippen LogP contribution in [0.2, 0.25) is 0 Å². The third kappa shape index (κ3) is 5.63. The Hall–Kier alpha value is -3.82. The van der Waals surface area contributed by atoms with Crippen molar-refractivity contribution in [2.24, 2.45) is 0 Å². The molecule has 1 saturated heterocycles. The summed E-state index contributed by atoms with van der Waals surface area (Å²) in [7, 11) is 1.58. The fraction of sp³-hybridized carbons (Fsp3) is 0.481. The molecular formula is C27H35N5O5. The number of methoxy groups -OCH3 is 1. The van der Waals surface area contributed by atoms with Crippen molar-refractivity contribution in [3.8, 4) is 39.8 Å². The van der Waals surface area contributed by atoms with Crippen LogP contribution in [0.25, 0.3) is 22.5 Å². The molecule has 0 aliphatic carbocycles. The van der Waals surface area contributed by atoms with Gasteiger partial charge in [-0.05, 0) is 73.7 Å². The molecule has 1 aromatic heterocycles. The van der Waals surface area contributed by atoms with E-state index in [1.54, 1.807) is 22.8 Å². The number of carbonyl (C=O) groups excluding carboxylic acids is 1. The highest BCUT2D eigenvalue weighted by Gasteiger charge is 2.31. The summed E-state index contributed by atoms with van der Waals surface area (Å²) < 4.78 is 12.8. The number of hydrogen-bond acceptors (Lipinski definition) is 8. The summed E-state index contributed by atoms with van der Waals surface area (Å²) in [6.45, 7) is 10.7. The zero-order valence-corrected chi connectivity index (χ0v) is 22.2. The lowest BCUT2D eigenvalue weighted by Crippen LogP contribution is -2.43. The van der Waals surface area contributed by atoms with Crippen molar-refractivity contribution in [2.45, 2.75) is 65.0 Å². The molecule has 2 aromatic carbocycles. The maximum Gasteiger partial charge on any atom is 0.410 e. The maximum atomic E-state index is 12.7. The van der Waals surface area contributed by atoms with E-state index in [2.05, 4.69) is 29.4 Å². The molecule has 1 fully saturated rings. The first kappa shape index (κ1) is 26.2. The first-order valence-electron chi connectivity index (χ1n) is 12.5. The fourth-order valence-electron chi connectivity index (χ4n) is 4.53. The SMILES string of the molecule is COc1ccc(C(C)C)cc1-c1cc(-c2nnnn2C2CCCN(C(=O)OC(C)(C)C)C2)c(O)cc1O. The molecule has 0 bridgehead atoms. The second-order valence-electron chi connectivity index (χ2n) is 10.7. The van der Waals surface area contributed by atoms with Crippen molar-refractivity contribution in [3.63, 3.8) is 0 Å². The Bertz CT molecular complexity index is 1280.